The first-order valence-electron chi connectivity index (χ1n) is 3.89. The molecule has 5 nitrogen and oxygen atoms in total. The van der Waals surface area contributed by atoms with Crippen LogP contribution < -0.4 is 0 Å². The highest BCUT2D eigenvalue weighted by molar-refractivity contribution is 7.86. The number of pyridine rings is 1. The maximum Gasteiger partial charge on any atom is 0.295 e. The zero-order valence-corrected chi connectivity index (χ0v) is 8.40. The summed E-state index contributed by atoms with van der Waals surface area (Å²) in [6, 6.07) is 6.21. The first kappa shape index (κ1) is 11.6. The summed E-state index contributed by atoms with van der Waals surface area (Å²) in [5, 5.41) is 1.16. The second-order valence-electron chi connectivity index (χ2n) is 2.83. The molecule has 80 valence electrons. The normalized spacial score (nSPS) is 11.0. The molecule has 0 aliphatic heterocycles. The number of hydrogen-bond donors (Lipinski definition) is 1. The number of aromatic nitrogens is 1. The summed E-state index contributed by atoms with van der Waals surface area (Å²) >= 11 is 0. The minimum Gasteiger partial charge on any atom is -0.412 e. The van der Waals surface area contributed by atoms with Gasteiger partial charge in [0.25, 0.3) is 10.1 Å². The SMILES string of the molecule is O.O=S(=O)(O)c1cccc2cnccc12. The van der Waals surface area contributed by atoms with E-state index in [1.165, 1.54) is 12.3 Å². The molecule has 0 bridgehead atoms. The fourth-order valence-corrected chi connectivity index (χ4v) is 2.03. The topological polar surface area (TPSA) is 98.8 Å². The Labute approximate surface area is 86.4 Å². The van der Waals surface area contributed by atoms with E-state index in [0.29, 0.717) is 10.8 Å². The lowest BCUT2D eigenvalue weighted by Crippen LogP contribution is -1.98. The van der Waals surface area contributed by atoms with Crippen molar-refractivity contribution in [2.75, 3.05) is 0 Å². The molecule has 6 heteroatoms. The minimum atomic E-state index is -4.16. The van der Waals surface area contributed by atoms with Crippen LogP contribution in [0.3, 0.4) is 0 Å². The van der Waals surface area contributed by atoms with Crippen LogP contribution in [0.4, 0.5) is 0 Å². The molecule has 1 aromatic heterocycles. The third-order valence-electron chi connectivity index (χ3n) is 1.92. The van der Waals surface area contributed by atoms with Gasteiger partial charge in [-0.3, -0.25) is 9.54 Å². The molecule has 2 aromatic rings. The van der Waals surface area contributed by atoms with Crippen molar-refractivity contribution in [3.8, 4) is 0 Å². The van der Waals surface area contributed by atoms with Crippen LogP contribution in [0.5, 0.6) is 0 Å². The van der Waals surface area contributed by atoms with E-state index in [1.54, 1.807) is 24.4 Å². The Hall–Kier alpha value is -1.50. The average molecular weight is 227 g/mol. The van der Waals surface area contributed by atoms with Gasteiger partial charge in [0.1, 0.15) is 4.90 Å². The minimum absolute atomic E-state index is 0. The number of hydrogen-bond acceptors (Lipinski definition) is 3. The van der Waals surface area contributed by atoms with Crippen molar-refractivity contribution < 1.29 is 18.4 Å². The van der Waals surface area contributed by atoms with Gasteiger partial charge in [-0.1, -0.05) is 12.1 Å². The standard InChI is InChI=1S/C9H7NO3S.H2O/c11-14(12,13)9-3-1-2-7-6-10-5-4-8(7)9;/h1-6H,(H,11,12,13);1H2. The van der Waals surface area contributed by atoms with Gasteiger partial charge in [-0.2, -0.15) is 8.42 Å². The van der Waals surface area contributed by atoms with E-state index < -0.39 is 10.1 Å². The Bertz CT molecular complexity index is 574. The van der Waals surface area contributed by atoms with Gasteiger partial charge in [0.05, 0.1) is 0 Å². The molecule has 0 saturated heterocycles. The summed E-state index contributed by atoms with van der Waals surface area (Å²) in [4.78, 5) is 3.77. The molecule has 0 fully saturated rings. The summed E-state index contributed by atoms with van der Waals surface area (Å²) < 4.78 is 30.9. The van der Waals surface area contributed by atoms with Crippen LogP contribution in [0.15, 0.2) is 41.6 Å². The third-order valence-corrected chi connectivity index (χ3v) is 2.83. The van der Waals surface area contributed by atoms with E-state index >= 15 is 0 Å². The van der Waals surface area contributed by atoms with Gasteiger partial charge in [-0.05, 0) is 12.1 Å². The molecule has 3 N–H and O–H groups in total. The molecule has 0 spiro atoms. The summed E-state index contributed by atoms with van der Waals surface area (Å²) in [5.74, 6) is 0. The van der Waals surface area contributed by atoms with Gasteiger partial charge in [0, 0.05) is 23.2 Å². The second kappa shape index (κ2) is 3.93. The molecular weight excluding hydrogens is 218 g/mol. The fraction of sp³-hybridized carbons (Fsp3) is 0. The Kier molecular flexibility index (Phi) is 3.04. The quantitative estimate of drug-likeness (QED) is 0.723. The molecule has 0 atom stereocenters. The van der Waals surface area contributed by atoms with Crippen molar-refractivity contribution in [3.05, 3.63) is 36.7 Å². The van der Waals surface area contributed by atoms with Crippen LogP contribution in [-0.2, 0) is 10.1 Å². The molecular formula is C9H9NO4S. The highest BCUT2D eigenvalue weighted by Gasteiger charge is 2.12. The number of rotatable bonds is 1. The highest BCUT2D eigenvalue weighted by atomic mass is 32.2. The van der Waals surface area contributed by atoms with Crippen LogP contribution in [0.25, 0.3) is 10.8 Å². The predicted molar refractivity (Wildman–Crippen MR) is 55.2 cm³/mol. The van der Waals surface area contributed by atoms with Gasteiger partial charge < -0.3 is 5.48 Å². The molecule has 0 aliphatic carbocycles. The van der Waals surface area contributed by atoms with Gasteiger partial charge in [0.2, 0.25) is 0 Å². The first-order chi connectivity index (χ1) is 6.59. The Morgan fingerprint density at radius 1 is 1.20 bits per heavy atom. The van der Waals surface area contributed by atoms with E-state index in [2.05, 4.69) is 4.98 Å². The van der Waals surface area contributed by atoms with Crippen LogP contribution >= 0.6 is 0 Å². The van der Waals surface area contributed by atoms with Crippen LogP contribution in [0.1, 0.15) is 0 Å². The van der Waals surface area contributed by atoms with Crippen molar-refractivity contribution in [2.45, 2.75) is 4.90 Å². The zero-order chi connectivity index (χ0) is 10.2. The first-order valence-corrected chi connectivity index (χ1v) is 5.33. The summed E-state index contributed by atoms with van der Waals surface area (Å²) in [6.45, 7) is 0. The number of nitrogens with zero attached hydrogens (tertiary/aromatic N) is 1. The van der Waals surface area contributed by atoms with E-state index in [9.17, 15) is 8.42 Å². The lowest BCUT2D eigenvalue weighted by Gasteiger charge is -2.01. The largest absolute Gasteiger partial charge is 0.412 e. The van der Waals surface area contributed by atoms with E-state index in [4.69, 9.17) is 4.55 Å². The lowest BCUT2D eigenvalue weighted by molar-refractivity contribution is 0.484. The predicted octanol–water partition coefficient (Wildman–Crippen LogP) is 0.657. The molecule has 0 aliphatic rings. The van der Waals surface area contributed by atoms with Crippen molar-refractivity contribution >= 4 is 20.9 Å². The van der Waals surface area contributed by atoms with Gasteiger partial charge >= 0.3 is 0 Å². The Balaban J connectivity index is 0.00000112. The van der Waals surface area contributed by atoms with Gasteiger partial charge in [-0.25, -0.2) is 0 Å². The second-order valence-corrected chi connectivity index (χ2v) is 4.22. The van der Waals surface area contributed by atoms with Crippen molar-refractivity contribution in [1.82, 2.24) is 4.98 Å². The molecule has 2 rings (SSSR count). The molecule has 1 aromatic carbocycles. The van der Waals surface area contributed by atoms with Crippen LogP contribution in [0, 0.1) is 0 Å². The molecule has 0 unspecified atom stereocenters. The maximum atomic E-state index is 11.0. The summed E-state index contributed by atoms with van der Waals surface area (Å²) in [7, 11) is -4.16. The van der Waals surface area contributed by atoms with E-state index in [0.717, 1.165) is 0 Å². The molecule has 15 heavy (non-hydrogen) atoms. The summed E-state index contributed by atoms with van der Waals surface area (Å²) in [5.41, 5.74) is 0. The van der Waals surface area contributed by atoms with Crippen molar-refractivity contribution in [2.24, 2.45) is 0 Å². The molecule has 0 saturated carbocycles. The monoisotopic (exact) mass is 227 g/mol. The third kappa shape index (κ3) is 2.12. The zero-order valence-electron chi connectivity index (χ0n) is 7.58. The number of fused-ring (bicyclic) bond motifs is 1. The smallest absolute Gasteiger partial charge is 0.295 e. The van der Waals surface area contributed by atoms with Crippen molar-refractivity contribution in [3.63, 3.8) is 0 Å². The average Bonchev–Trinajstić information content (AvgIpc) is 2.15. The molecule has 0 amide bonds. The van der Waals surface area contributed by atoms with Crippen molar-refractivity contribution in [1.29, 1.82) is 0 Å². The van der Waals surface area contributed by atoms with E-state index in [1.807, 2.05) is 0 Å². The van der Waals surface area contributed by atoms with Gasteiger partial charge in [0.15, 0.2) is 0 Å². The summed E-state index contributed by atoms with van der Waals surface area (Å²) in [6.07, 6.45) is 3.03. The number of benzene rings is 1. The van der Waals surface area contributed by atoms with Crippen LogP contribution in [0.2, 0.25) is 0 Å². The molecule has 1 heterocycles. The van der Waals surface area contributed by atoms with E-state index in [-0.39, 0.29) is 10.4 Å². The van der Waals surface area contributed by atoms with Gasteiger partial charge in [-0.15, -0.1) is 0 Å². The highest BCUT2D eigenvalue weighted by Crippen LogP contribution is 2.21. The maximum absolute atomic E-state index is 11.0. The Morgan fingerprint density at radius 2 is 1.93 bits per heavy atom. The molecule has 0 radical (unpaired) electrons. The lowest BCUT2D eigenvalue weighted by atomic mass is 10.2. The van der Waals surface area contributed by atoms with Crippen LogP contribution in [-0.4, -0.2) is 23.4 Å². The Morgan fingerprint density at radius 3 is 2.60 bits per heavy atom. The fourth-order valence-electron chi connectivity index (χ4n) is 1.32.